The highest BCUT2D eigenvalue weighted by Crippen LogP contribution is 2.45. The lowest BCUT2D eigenvalue weighted by Crippen LogP contribution is -2.50. The molecule has 4 heteroatoms. The topological polar surface area (TPSA) is 52.9 Å². The van der Waals surface area contributed by atoms with Gasteiger partial charge in [0.2, 0.25) is 5.91 Å². The summed E-state index contributed by atoms with van der Waals surface area (Å²) in [6, 6.07) is 2.34. The molecular weight excluding hydrogens is 220 g/mol. The van der Waals surface area contributed by atoms with E-state index in [-0.39, 0.29) is 11.9 Å². The van der Waals surface area contributed by atoms with Crippen LogP contribution in [0.25, 0.3) is 0 Å². The zero-order valence-corrected chi connectivity index (χ0v) is 11.1. The van der Waals surface area contributed by atoms with Gasteiger partial charge < -0.3 is 5.32 Å². The van der Waals surface area contributed by atoms with E-state index in [1.165, 1.54) is 0 Å². The van der Waals surface area contributed by atoms with Crippen molar-refractivity contribution in [1.29, 1.82) is 5.26 Å². The summed E-state index contributed by atoms with van der Waals surface area (Å²) in [6.45, 7) is 6.18. The maximum atomic E-state index is 12.0. The summed E-state index contributed by atoms with van der Waals surface area (Å²) in [4.78, 5) is 12.0. The molecule has 0 aromatic carbocycles. The lowest BCUT2D eigenvalue weighted by Gasteiger charge is -2.39. The molecular formula is C12H20N2OS. The maximum absolute atomic E-state index is 12.0. The van der Waals surface area contributed by atoms with Gasteiger partial charge in [0.25, 0.3) is 0 Å². The van der Waals surface area contributed by atoms with Crippen LogP contribution in [-0.4, -0.2) is 23.5 Å². The van der Waals surface area contributed by atoms with E-state index in [4.69, 9.17) is 5.26 Å². The average molecular weight is 240 g/mol. The minimum atomic E-state index is -0.732. The molecule has 1 rings (SSSR count). The minimum absolute atomic E-state index is 0.0719. The SMILES string of the molecule is CCSCC(C)NC(=O)C1(C#N)CC(C)C1. The molecule has 1 atom stereocenters. The van der Waals surface area contributed by atoms with E-state index in [1.54, 1.807) is 11.8 Å². The molecule has 1 aliphatic rings. The molecule has 1 N–H and O–H groups in total. The number of hydrogen-bond acceptors (Lipinski definition) is 3. The lowest BCUT2D eigenvalue weighted by molar-refractivity contribution is -0.134. The monoisotopic (exact) mass is 240 g/mol. The smallest absolute Gasteiger partial charge is 0.240 e. The first-order valence-corrected chi connectivity index (χ1v) is 6.99. The Balaban J connectivity index is 2.43. The van der Waals surface area contributed by atoms with Gasteiger partial charge in [-0.1, -0.05) is 13.8 Å². The second-order valence-corrected chi connectivity index (χ2v) is 6.06. The van der Waals surface area contributed by atoms with E-state index >= 15 is 0 Å². The molecule has 0 spiro atoms. The molecule has 0 aromatic heterocycles. The molecule has 1 saturated carbocycles. The van der Waals surface area contributed by atoms with Gasteiger partial charge in [0.1, 0.15) is 5.41 Å². The van der Waals surface area contributed by atoms with Crippen molar-refractivity contribution in [2.24, 2.45) is 11.3 Å². The van der Waals surface area contributed by atoms with Gasteiger partial charge in [-0.25, -0.2) is 0 Å². The number of thioether (sulfide) groups is 1. The van der Waals surface area contributed by atoms with Crippen molar-refractivity contribution in [3.05, 3.63) is 0 Å². The van der Waals surface area contributed by atoms with Crippen LogP contribution in [0.4, 0.5) is 0 Å². The van der Waals surface area contributed by atoms with Crippen LogP contribution in [0.2, 0.25) is 0 Å². The summed E-state index contributed by atoms with van der Waals surface area (Å²) in [5.74, 6) is 2.41. The van der Waals surface area contributed by atoms with Crippen LogP contribution in [-0.2, 0) is 4.79 Å². The third-order valence-corrected chi connectivity index (χ3v) is 4.14. The number of hydrogen-bond donors (Lipinski definition) is 1. The molecule has 1 amide bonds. The molecule has 1 unspecified atom stereocenters. The van der Waals surface area contributed by atoms with E-state index in [2.05, 4.69) is 25.2 Å². The van der Waals surface area contributed by atoms with Crippen molar-refractivity contribution in [3.8, 4) is 6.07 Å². The standard InChI is InChI=1S/C12H20N2OS/c1-4-16-7-10(3)14-11(15)12(8-13)5-9(2)6-12/h9-10H,4-7H2,1-3H3,(H,14,15). The van der Waals surface area contributed by atoms with E-state index in [1.807, 2.05) is 6.92 Å². The van der Waals surface area contributed by atoms with Gasteiger partial charge in [-0.2, -0.15) is 17.0 Å². The van der Waals surface area contributed by atoms with Crippen LogP contribution in [0.15, 0.2) is 0 Å². The highest BCUT2D eigenvalue weighted by Gasteiger charge is 2.49. The van der Waals surface area contributed by atoms with Gasteiger partial charge in [-0.15, -0.1) is 0 Å². The molecule has 3 nitrogen and oxygen atoms in total. The van der Waals surface area contributed by atoms with Crippen molar-refractivity contribution >= 4 is 17.7 Å². The Morgan fingerprint density at radius 1 is 1.69 bits per heavy atom. The Morgan fingerprint density at radius 2 is 2.31 bits per heavy atom. The molecule has 0 radical (unpaired) electrons. The Kier molecular flexibility index (Phi) is 4.67. The summed E-state index contributed by atoms with van der Waals surface area (Å²) in [6.07, 6.45) is 1.42. The summed E-state index contributed by atoms with van der Waals surface area (Å²) in [5, 5.41) is 12.0. The van der Waals surface area contributed by atoms with Crippen LogP contribution < -0.4 is 5.32 Å². The van der Waals surface area contributed by atoms with E-state index < -0.39 is 5.41 Å². The third-order valence-electron chi connectivity index (χ3n) is 2.99. The predicted molar refractivity (Wildman–Crippen MR) is 67.0 cm³/mol. The van der Waals surface area contributed by atoms with Crippen LogP contribution >= 0.6 is 11.8 Å². The van der Waals surface area contributed by atoms with Gasteiger partial charge in [0.05, 0.1) is 6.07 Å². The van der Waals surface area contributed by atoms with Crippen molar-refractivity contribution < 1.29 is 4.79 Å². The van der Waals surface area contributed by atoms with Crippen molar-refractivity contribution in [3.63, 3.8) is 0 Å². The Labute approximate surface area is 102 Å². The Bertz CT molecular complexity index is 292. The summed E-state index contributed by atoms with van der Waals surface area (Å²) in [5.41, 5.74) is -0.732. The molecule has 16 heavy (non-hydrogen) atoms. The van der Waals surface area contributed by atoms with Crippen LogP contribution in [0.5, 0.6) is 0 Å². The third kappa shape index (κ3) is 2.91. The molecule has 1 fully saturated rings. The number of rotatable bonds is 5. The first kappa shape index (κ1) is 13.4. The zero-order valence-electron chi connectivity index (χ0n) is 10.2. The lowest BCUT2D eigenvalue weighted by atomic mass is 9.63. The quantitative estimate of drug-likeness (QED) is 0.801. The summed E-state index contributed by atoms with van der Waals surface area (Å²) in [7, 11) is 0. The highest BCUT2D eigenvalue weighted by atomic mass is 32.2. The molecule has 0 saturated heterocycles. The Hall–Kier alpha value is -0.690. The second-order valence-electron chi connectivity index (χ2n) is 4.74. The fourth-order valence-corrected chi connectivity index (χ4v) is 2.83. The van der Waals surface area contributed by atoms with Gasteiger partial charge >= 0.3 is 0 Å². The molecule has 0 bridgehead atoms. The predicted octanol–water partition coefficient (Wildman–Crippen LogP) is 2.18. The van der Waals surface area contributed by atoms with Crippen LogP contribution in [0, 0.1) is 22.7 Å². The van der Waals surface area contributed by atoms with Crippen molar-refractivity contribution in [2.45, 2.75) is 39.7 Å². The average Bonchev–Trinajstić information content (AvgIpc) is 2.21. The zero-order chi connectivity index (χ0) is 12.2. The van der Waals surface area contributed by atoms with Crippen molar-refractivity contribution in [1.82, 2.24) is 5.32 Å². The number of carbonyl (C=O) groups excluding carboxylic acids is 1. The minimum Gasteiger partial charge on any atom is -0.351 e. The molecule has 0 aliphatic heterocycles. The number of amides is 1. The van der Waals surface area contributed by atoms with Crippen LogP contribution in [0.3, 0.4) is 0 Å². The van der Waals surface area contributed by atoms with E-state index in [0.717, 1.165) is 11.5 Å². The van der Waals surface area contributed by atoms with Crippen LogP contribution in [0.1, 0.15) is 33.6 Å². The first-order chi connectivity index (χ1) is 7.54. The van der Waals surface area contributed by atoms with E-state index in [0.29, 0.717) is 18.8 Å². The van der Waals surface area contributed by atoms with E-state index in [9.17, 15) is 4.79 Å². The molecule has 1 aliphatic carbocycles. The fourth-order valence-electron chi connectivity index (χ4n) is 2.16. The van der Waals surface area contributed by atoms with Gasteiger partial charge in [0.15, 0.2) is 0 Å². The maximum Gasteiger partial charge on any atom is 0.240 e. The van der Waals surface area contributed by atoms with Gasteiger partial charge in [-0.3, -0.25) is 4.79 Å². The molecule has 0 aromatic rings. The number of nitrogens with one attached hydrogen (secondary N) is 1. The second kappa shape index (κ2) is 5.58. The fraction of sp³-hybridized carbons (Fsp3) is 0.833. The van der Waals surface area contributed by atoms with Crippen molar-refractivity contribution in [2.75, 3.05) is 11.5 Å². The number of nitrogens with zero attached hydrogens (tertiary/aromatic N) is 1. The number of carbonyl (C=O) groups is 1. The van der Waals surface area contributed by atoms with Gasteiger partial charge in [-0.05, 0) is 31.4 Å². The summed E-state index contributed by atoms with van der Waals surface area (Å²) >= 11 is 1.80. The first-order valence-electron chi connectivity index (χ1n) is 5.84. The van der Waals surface area contributed by atoms with Gasteiger partial charge in [0, 0.05) is 11.8 Å². The highest BCUT2D eigenvalue weighted by molar-refractivity contribution is 7.99. The Morgan fingerprint density at radius 3 is 2.75 bits per heavy atom. The number of nitriles is 1. The summed E-state index contributed by atoms with van der Waals surface area (Å²) < 4.78 is 0. The normalized spacial score (nSPS) is 30.0. The largest absolute Gasteiger partial charge is 0.351 e. The molecule has 0 heterocycles. The molecule has 90 valence electrons.